The fourth-order valence-corrected chi connectivity index (χ4v) is 3.27. The zero-order valence-corrected chi connectivity index (χ0v) is 15.3. The summed E-state index contributed by atoms with van der Waals surface area (Å²) in [5, 5.41) is 11.5. The smallest absolute Gasteiger partial charge is 0.338 e. The van der Waals surface area contributed by atoms with Crippen LogP contribution in [-0.4, -0.2) is 30.4 Å². The van der Waals surface area contributed by atoms with Crippen LogP contribution in [0.2, 0.25) is 5.02 Å². The molecule has 0 N–H and O–H groups in total. The van der Waals surface area contributed by atoms with Gasteiger partial charge in [-0.25, -0.2) is 4.79 Å². The molecule has 136 valence electrons. The normalized spacial score (nSPS) is 12.5. The Labute approximate surface area is 158 Å². The number of hydrogen-bond donors (Lipinski definition) is 0. The number of fused-ring (bicyclic) bond motifs is 1. The molecule has 0 spiro atoms. The fourth-order valence-electron chi connectivity index (χ4n) is 2.44. The lowest BCUT2D eigenvalue weighted by Crippen LogP contribution is -2.16. The molecule has 3 rings (SSSR count). The van der Waals surface area contributed by atoms with Crippen LogP contribution < -0.4 is 9.47 Å². The summed E-state index contributed by atoms with van der Waals surface area (Å²) in [6, 6.07) is 7.55. The molecule has 2 aromatic rings. The Morgan fingerprint density at radius 3 is 2.81 bits per heavy atom. The highest BCUT2D eigenvalue weighted by molar-refractivity contribution is 7.98. The highest BCUT2D eigenvalue weighted by Crippen LogP contribution is 2.38. The highest BCUT2D eigenvalue weighted by atomic mass is 35.5. The van der Waals surface area contributed by atoms with E-state index in [1.165, 1.54) is 30.0 Å². The summed E-state index contributed by atoms with van der Waals surface area (Å²) in [7, 11) is 0. The molecule has 0 saturated heterocycles. The van der Waals surface area contributed by atoms with E-state index in [0.717, 1.165) is 0 Å². The van der Waals surface area contributed by atoms with Crippen molar-refractivity contribution in [2.45, 2.75) is 11.5 Å². The minimum absolute atomic E-state index is 0.0483. The summed E-state index contributed by atoms with van der Waals surface area (Å²) >= 11 is 7.38. The predicted octanol–water partition coefficient (Wildman–Crippen LogP) is 4.10. The van der Waals surface area contributed by atoms with E-state index in [-0.39, 0.29) is 17.9 Å². The van der Waals surface area contributed by atoms with Gasteiger partial charge in [0.05, 0.1) is 20.4 Å². The molecule has 0 unspecified atom stereocenters. The van der Waals surface area contributed by atoms with Crippen LogP contribution in [0.3, 0.4) is 0 Å². The molecule has 2 aromatic carbocycles. The number of carbonyl (C=O) groups excluding carboxylic acids is 1. The Morgan fingerprint density at radius 1 is 1.31 bits per heavy atom. The molecule has 1 aliphatic heterocycles. The van der Waals surface area contributed by atoms with Gasteiger partial charge in [-0.1, -0.05) is 11.6 Å². The summed E-state index contributed by atoms with van der Waals surface area (Å²) in [5.41, 5.74) is 0.607. The predicted molar refractivity (Wildman–Crippen MR) is 96.4 cm³/mol. The van der Waals surface area contributed by atoms with E-state index < -0.39 is 10.9 Å². The summed E-state index contributed by atoms with van der Waals surface area (Å²) in [6.45, 7) is 0.789. The Hall–Kier alpha value is -2.45. The molecule has 9 heteroatoms. The molecule has 0 aromatic heterocycles. The van der Waals surface area contributed by atoms with Gasteiger partial charge in [-0.3, -0.25) is 10.1 Å². The highest BCUT2D eigenvalue weighted by Gasteiger charge is 2.19. The number of benzene rings is 2. The van der Waals surface area contributed by atoms with Gasteiger partial charge in [0.2, 0.25) is 0 Å². The Bertz CT molecular complexity index is 873. The lowest BCUT2D eigenvalue weighted by Gasteiger charge is -2.20. The van der Waals surface area contributed by atoms with Crippen LogP contribution >= 0.6 is 23.4 Å². The number of hydrogen-bond acceptors (Lipinski definition) is 7. The van der Waals surface area contributed by atoms with E-state index in [9.17, 15) is 14.9 Å². The van der Waals surface area contributed by atoms with E-state index in [0.29, 0.717) is 40.2 Å². The average molecular weight is 396 g/mol. The van der Waals surface area contributed by atoms with Crippen LogP contribution in [0, 0.1) is 10.1 Å². The van der Waals surface area contributed by atoms with Gasteiger partial charge < -0.3 is 14.2 Å². The molecule has 0 fully saturated rings. The third-order valence-corrected chi connectivity index (χ3v) is 4.70. The monoisotopic (exact) mass is 395 g/mol. The molecule has 0 amide bonds. The van der Waals surface area contributed by atoms with E-state index in [4.69, 9.17) is 25.8 Å². The number of ether oxygens (including phenoxy) is 3. The summed E-state index contributed by atoms with van der Waals surface area (Å²) < 4.78 is 16.2. The second-order valence-corrected chi connectivity index (χ2v) is 6.58. The van der Waals surface area contributed by atoms with Gasteiger partial charge in [0.1, 0.15) is 19.8 Å². The minimum Gasteiger partial charge on any atom is -0.486 e. The molecule has 0 aliphatic carbocycles. The molecular formula is C17H14ClNO6S. The molecule has 1 aliphatic rings. The first-order valence-corrected chi connectivity index (χ1v) is 9.17. The molecular weight excluding hydrogens is 382 g/mol. The first kappa shape index (κ1) is 18.3. The summed E-state index contributed by atoms with van der Waals surface area (Å²) in [5.74, 6) is 0.304. The topological polar surface area (TPSA) is 87.9 Å². The Balaban J connectivity index is 1.74. The Morgan fingerprint density at radius 2 is 2.08 bits per heavy atom. The second kappa shape index (κ2) is 7.84. The molecule has 0 saturated carbocycles. The van der Waals surface area contributed by atoms with E-state index in [2.05, 4.69) is 0 Å². The quantitative estimate of drug-likeness (QED) is 0.326. The average Bonchev–Trinajstić information content (AvgIpc) is 2.65. The lowest BCUT2D eigenvalue weighted by molar-refractivity contribution is -0.387. The molecule has 7 nitrogen and oxygen atoms in total. The Kier molecular flexibility index (Phi) is 5.53. The first-order valence-electron chi connectivity index (χ1n) is 7.57. The fraction of sp³-hybridized carbons (Fsp3) is 0.235. The number of halogens is 1. The number of nitro benzene ring substituents is 1. The molecule has 0 bridgehead atoms. The maximum Gasteiger partial charge on any atom is 0.338 e. The van der Waals surface area contributed by atoms with E-state index >= 15 is 0 Å². The zero-order chi connectivity index (χ0) is 18.7. The maximum absolute atomic E-state index is 12.2. The van der Waals surface area contributed by atoms with Crippen molar-refractivity contribution in [2.24, 2.45) is 0 Å². The van der Waals surface area contributed by atoms with Crippen LogP contribution in [-0.2, 0) is 11.3 Å². The van der Waals surface area contributed by atoms with E-state index in [1.807, 2.05) is 0 Å². The van der Waals surface area contributed by atoms with Crippen molar-refractivity contribution < 1.29 is 23.9 Å². The number of rotatable bonds is 5. The minimum atomic E-state index is -0.660. The molecule has 0 radical (unpaired) electrons. The largest absolute Gasteiger partial charge is 0.486 e. The van der Waals surface area contributed by atoms with Gasteiger partial charge in [-0.2, -0.15) is 0 Å². The SMILES string of the molecule is CSc1ccc(C(=O)OCc2cc(Cl)c3c(c2)OCCO3)cc1[N+](=O)[O-]. The van der Waals surface area contributed by atoms with Crippen LogP contribution in [0.4, 0.5) is 5.69 Å². The van der Waals surface area contributed by atoms with Gasteiger partial charge in [0, 0.05) is 6.07 Å². The standard InChI is InChI=1S/C17H14ClNO6S/c1-26-15-3-2-11(8-13(15)19(21)22)17(20)25-9-10-6-12(18)16-14(7-10)23-4-5-24-16/h2-3,6-8H,4-5,9H2,1H3. The van der Waals surface area contributed by atoms with Crippen molar-refractivity contribution in [1.82, 2.24) is 0 Å². The van der Waals surface area contributed by atoms with Crippen molar-refractivity contribution in [1.29, 1.82) is 0 Å². The maximum atomic E-state index is 12.2. The number of carbonyl (C=O) groups is 1. The number of thioether (sulfide) groups is 1. The first-order chi connectivity index (χ1) is 12.5. The zero-order valence-electron chi connectivity index (χ0n) is 13.7. The van der Waals surface area contributed by atoms with Crippen molar-refractivity contribution in [3.05, 3.63) is 56.6 Å². The molecule has 0 atom stereocenters. The van der Waals surface area contributed by atoms with Crippen LogP contribution in [0.15, 0.2) is 35.2 Å². The number of nitrogens with zero attached hydrogens (tertiary/aromatic N) is 1. The van der Waals surface area contributed by atoms with Crippen LogP contribution in [0.25, 0.3) is 0 Å². The summed E-state index contributed by atoms with van der Waals surface area (Å²) in [4.78, 5) is 23.3. The van der Waals surface area contributed by atoms with Crippen molar-refractivity contribution in [3.8, 4) is 11.5 Å². The summed E-state index contributed by atoms with van der Waals surface area (Å²) in [6.07, 6.45) is 1.73. The lowest BCUT2D eigenvalue weighted by atomic mass is 10.2. The molecule has 1 heterocycles. The second-order valence-electron chi connectivity index (χ2n) is 5.32. The van der Waals surface area contributed by atoms with E-state index in [1.54, 1.807) is 18.4 Å². The van der Waals surface area contributed by atoms with Crippen molar-refractivity contribution >= 4 is 35.0 Å². The molecule has 26 heavy (non-hydrogen) atoms. The van der Waals surface area contributed by atoms with Gasteiger partial charge in [-0.05, 0) is 36.1 Å². The van der Waals surface area contributed by atoms with Gasteiger partial charge in [0.15, 0.2) is 11.5 Å². The van der Waals surface area contributed by atoms with Crippen molar-refractivity contribution in [2.75, 3.05) is 19.5 Å². The third-order valence-electron chi connectivity index (χ3n) is 3.64. The van der Waals surface area contributed by atoms with Crippen LogP contribution in [0.5, 0.6) is 11.5 Å². The van der Waals surface area contributed by atoms with Gasteiger partial charge in [-0.15, -0.1) is 11.8 Å². The van der Waals surface area contributed by atoms with Gasteiger partial charge >= 0.3 is 5.97 Å². The third kappa shape index (κ3) is 3.86. The van der Waals surface area contributed by atoms with Crippen LogP contribution in [0.1, 0.15) is 15.9 Å². The number of esters is 1. The van der Waals surface area contributed by atoms with Gasteiger partial charge in [0.25, 0.3) is 5.69 Å². The number of nitro groups is 1. The van der Waals surface area contributed by atoms with Crippen molar-refractivity contribution in [3.63, 3.8) is 0 Å².